The van der Waals surface area contributed by atoms with Crippen LogP contribution in [0.25, 0.3) is 0 Å². The standard InChI is InChI=1S/C25H26N2O2S/c1-25(2,3)20-11-9-19(10-12-20)23(28)27-24(30)26-21-13-15-22(16-14-21)29-17-18-7-5-4-6-8-18/h4-16H,17H2,1-3H3,(H2,26,27,28,30). The van der Waals surface area contributed by atoms with Crippen molar-refractivity contribution in [3.05, 3.63) is 95.6 Å². The van der Waals surface area contributed by atoms with Gasteiger partial charge >= 0.3 is 0 Å². The molecule has 0 saturated carbocycles. The third-order valence-electron chi connectivity index (χ3n) is 4.60. The van der Waals surface area contributed by atoms with E-state index >= 15 is 0 Å². The number of amides is 1. The van der Waals surface area contributed by atoms with Crippen LogP contribution < -0.4 is 15.4 Å². The van der Waals surface area contributed by atoms with Crippen molar-refractivity contribution in [2.45, 2.75) is 32.8 Å². The number of carbonyl (C=O) groups is 1. The van der Waals surface area contributed by atoms with Crippen LogP contribution >= 0.6 is 12.2 Å². The average molecular weight is 419 g/mol. The third kappa shape index (κ3) is 6.16. The molecular weight excluding hydrogens is 392 g/mol. The van der Waals surface area contributed by atoms with Crippen molar-refractivity contribution >= 4 is 28.9 Å². The van der Waals surface area contributed by atoms with Crippen LogP contribution in [-0.2, 0) is 12.0 Å². The molecule has 1 amide bonds. The van der Waals surface area contributed by atoms with E-state index in [-0.39, 0.29) is 16.4 Å². The van der Waals surface area contributed by atoms with Gasteiger partial charge in [-0.25, -0.2) is 0 Å². The van der Waals surface area contributed by atoms with E-state index in [9.17, 15) is 4.79 Å². The molecule has 2 N–H and O–H groups in total. The van der Waals surface area contributed by atoms with Crippen LogP contribution in [0.5, 0.6) is 5.75 Å². The summed E-state index contributed by atoms with van der Waals surface area (Å²) in [5.74, 6) is 0.522. The lowest BCUT2D eigenvalue weighted by atomic mass is 9.87. The highest BCUT2D eigenvalue weighted by Gasteiger charge is 2.14. The Balaban J connectivity index is 1.51. The van der Waals surface area contributed by atoms with Crippen LogP contribution in [0.15, 0.2) is 78.9 Å². The fourth-order valence-electron chi connectivity index (χ4n) is 2.83. The van der Waals surface area contributed by atoms with Gasteiger partial charge < -0.3 is 10.1 Å². The molecule has 4 nitrogen and oxygen atoms in total. The second-order valence-electron chi connectivity index (χ2n) is 8.03. The van der Waals surface area contributed by atoms with Crippen molar-refractivity contribution in [3.63, 3.8) is 0 Å². The Morgan fingerprint density at radius 2 is 1.53 bits per heavy atom. The van der Waals surface area contributed by atoms with E-state index in [0.29, 0.717) is 12.2 Å². The summed E-state index contributed by atoms with van der Waals surface area (Å²) in [5, 5.41) is 5.99. The first kappa shape index (κ1) is 21.5. The van der Waals surface area contributed by atoms with E-state index in [4.69, 9.17) is 17.0 Å². The number of rotatable bonds is 5. The van der Waals surface area contributed by atoms with Crippen molar-refractivity contribution in [1.29, 1.82) is 0 Å². The van der Waals surface area contributed by atoms with Crippen LogP contribution in [0, 0.1) is 0 Å². The number of benzene rings is 3. The smallest absolute Gasteiger partial charge is 0.257 e. The molecule has 0 fully saturated rings. The summed E-state index contributed by atoms with van der Waals surface area (Å²) < 4.78 is 5.78. The van der Waals surface area contributed by atoms with Crippen molar-refractivity contribution in [3.8, 4) is 5.75 Å². The molecule has 0 bridgehead atoms. The maximum Gasteiger partial charge on any atom is 0.257 e. The van der Waals surface area contributed by atoms with Gasteiger partial charge in [0, 0.05) is 11.3 Å². The molecule has 0 unspecified atom stereocenters. The molecule has 3 aromatic carbocycles. The van der Waals surface area contributed by atoms with Gasteiger partial charge in [0.2, 0.25) is 0 Å². The second-order valence-corrected chi connectivity index (χ2v) is 8.44. The summed E-state index contributed by atoms with van der Waals surface area (Å²) in [7, 11) is 0. The highest BCUT2D eigenvalue weighted by molar-refractivity contribution is 7.80. The zero-order chi connectivity index (χ0) is 21.6. The minimum Gasteiger partial charge on any atom is -0.489 e. The quantitative estimate of drug-likeness (QED) is 0.523. The topological polar surface area (TPSA) is 50.4 Å². The summed E-state index contributed by atoms with van der Waals surface area (Å²) >= 11 is 5.27. The number of anilines is 1. The molecule has 0 aliphatic heterocycles. The number of hydrogen-bond acceptors (Lipinski definition) is 3. The normalized spacial score (nSPS) is 10.9. The fraction of sp³-hybridized carbons (Fsp3) is 0.200. The second kappa shape index (κ2) is 9.55. The van der Waals surface area contributed by atoms with Crippen LogP contribution in [0.4, 0.5) is 5.69 Å². The largest absolute Gasteiger partial charge is 0.489 e. The van der Waals surface area contributed by atoms with Gasteiger partial charge in [-0.2, -0.15) is 0 Å². The van der Waals surface area contributed by atoms with E-state index in [1.807, 2.05) is 78.9 Å². The summed E-state index contributed by atoms with van der Waals surface area (Å²) in [6.45, 7) is 6.92. The molecule has 0 spiro atoms. The molecule has 0 saturated heterocycles. The third-order valence-corrected chi connectivity index (χ3v) is 4.80. The van der Waals surface area contributed by atoms with Crippen LogP contribution in [0.2, 0.25) is 0 Å². The predicted molar refractivity (Wildman–Crippen MR) is 126 cm³/mol. The molecule has 0 aliphatic carbocycles. The number of carbonyl (C=O) groups excluding carboxylic acids is 1. The Hall–Kier alpha value is -3.18. The van der Waals surface area contributed by atoms with Gasteiger partial charge in [0.15, 0.2) is 5.11 Å². The molecule has 5 heteroatoms. The van der Waals surface area contributed by atoms with Gasteiger partial charge in [0.25, 0.3) is 5.91 Å². The van der Waals surface area contributed by atoms with E-state index in [1.165, 1.54) is 5.56 Å². The minimum absolute atomic E-state index is 0.0445. The summed E-state index contributed by atoms with van der Waals surface area (Å²) in [5.41, 5.74) is 3.67. The van der Waals surface area contributed by atoms with Gasteiger partial charge in [0.05, 0.1) is 0 Å². The Bertz CT molecular complexity index is 992. The van der Waals surface area contributed by atoms with Gasteiger partial charge in [0.1, 0.15) is 12.4 Å². The lowest BCUT2D eigenvalue weighted by molar-refractivity contribution is 0.0977. The fourth-order valence-corrected chi connectivity index (χ4v) is 3.05. The zero-order valence-electron chi connectivity index (χ0n) is 17.4. The summed E-state index contributed by atoms with van der Waals surface area (Å²) in [4.78, 5) is 12.4. The molecule has 30 heavy (non-hydrogen) atoms. The Morgan fingerprint density at radius 3 is 2.13 bits per heavy atom. The van der Waals surface area contributed by atoms with Crippen LogP contribution in [-0.4, -0.2) is 11.0 Å². The summed E-state index contributed by atoms with van der Waals surface area (Å²) in [6.07, 6.45) is 0. The molecule has 0 heterocycles. The maximum atomic E-state index is 12.4. The number of nitrogens with one attached hydrogen (secondary N) is 2. The van der Waals surface area contributed by atoms with Gasteiger partial charge in [-0.15, -0.1) is 0 Å². The molecule has 0 aromatic heterocycles. The molecule has 3 aromatic rings. The van der Waals surface area contributed by atoms with Crippen molar-refractivity contribution in [2.75, 3.05) is 5.32 Å². The first-order valence-electron chi connectivity index (χ1n) is 9.81. The molecule has 3 rings (SSSR count). The number of thiocarbonyl (C=S) groups is 1. The average Bonchev–Trinajstić information content (AvgIpc) is 2.73. The van der Waals surface area contributed by atoms with Gasteiger partial charge in [-0.1, -0.05) is 63.2 Å². The molecule has 0 aliphatic rings. The molecule has 0 atom stereocenters. The lowest BCUT2D eigenvalue weighted by Crippen LogP contribution is -2.34. The van der Waals surface area contributed by atoms with Gasteiger partial charge in [-0.05, 0) is 65.2 Å². The lowest BCUT2D eigenvalue weighted by Gasteiger charge is -2.19. The number of ether oxygens (including phenoxy) is 1. The maximum absolute atomic E-state index is 12.4. The van der Waals surface area contributed by atoms with Crippen molar-refractivity contribution in [2.24, 2.45) is 0 Å². The van der Waals surface area contributed by atoms with Crippen molar-refractivity contribution < 1.29 is 9.53 Å². The highest BCUT2D eigenvalue weighted by atomic mass is 32.1. The predicted octanol–water partition coefficient (Wildman–Crippen LogP) is 5.69. The SMILES string of the molecule is CC(C)(C)c1ccc(C(=O)NC(=S)Nc2ccc(OCc3ccccc3)cc2)cc1. The Labute approximate surface area is 183 Å². The first-order chi connectivity index (χ1) is 14.3. The van der Waals surface area contributed by atoms with E-state index in [0.717, 1.165) is 17.0 Å². The highest BCUT2D eigenvalue weighted by Crippen LogP contribution is 2.22. The monoisotopic (exact) mass is 418 g/mol. The summed E-state index contributed by atoms with van der Waals surface area (Å²) in [6, 6.07) is 25.0. The Kier molecular flexibility index (Phi) is 6.85. The first-order valence-corrected chi connectivity index (χ1v) is 10.2. The van der Waals surface area contributed by atoms with Crippen LogP contribution in [0.3, 0.4) is 0 Å². The van der Waals surface area contributed by atoms with Gasteiger partial charge in [-0.3, -0.25) is 10.1 Å². The van der Waals surface area contributed by atoms with E-state index in [1.54, 1.807) is 0 Å². The molecule has 0 radical (unpaired) electrons. The molecular formula is C25H26N2O2S. The Morgan fingerprint density at radius 1 is 0.900 bits per heavy atom. The zero-order valence-corrected chi connectivity index (χ0v) is 18.3. The minimum atomic E-state index is -0.240. The number of hydrogen-bond donors (Lipinski definition) is 2. The molecule has 154 valence electrons. The van der Waals surface area contributed by atoms with Crippen LogP contribution in [0.1, 0.15) is 42.3 Å². The van der Waals surface area contributed by atoms with E-state index < -0.39 is 0 Å². The van der Waals surface area contributed by atoms with E-state index in [2.05, 4.69) is 31.4 Å². The van der Waals surface area contributed by atoms with Crippen molar-refractivity contribution in [1.82, 2.24) is 5.32 Å².